The molecule has 10 nitrogen and oxygen atoms in total. The zero-order valence-electron chi connectivity index (χ0n) is 16.7. The lowest BCUT2D eigenvalue weighted by atomic mass is 10.1. The molecule has 158 valence electrons. The van der Waals surface area contributed by atoms with Gasteiger partial charge in [-0.05, 0) is 48.9 Å². The molecule has 0 bridgehead atoms. The fourth-order valence-corrected chi connectivity index (χ4v) is 2.29. The number of rotatable bonds is 8. The van der Waals surface area contributed by atoms with E-state index in [-0.39, 0.29) is 12.3 Å². The summed E-state index contributed by atoms with van der Waals surface area (Å²) in [5.74, 6) is -1.14. The van der Waals surface area contributed by atoms with Crippen molar-refractivity contribution in [2.45, 2.75) is 6.92 Å². The monoisotopic (exact) mass is 414 g/mol. The average molecular weight is 414 g/mol. The highest BCUT2D eigenvalue weighted by atomic mass is 16.5. The highest BCUT2D eigenvalue weighted by Gasteiger charge is 2.16. The number of hydrogen-bond donors (Lipinski definition) is 3. The predicted molar refractivity (Wildman–Crippen MR) is 110 cm³/mol. The Hall–Kier alpha value is -4.08. The Morgan fingerprint density at radius 1 is 0.967 bits per heavy atom. The third-order valence-corrected chi connectivity index (χ3v) is 3.84. The molecule has 3 amide bonds. The second-order valence-electron chi connectivity index (χ2n) is 5.94. The molecule has 0 radical (unpaired) electrons. The highest BCUT2D eigenvalue weighted by molar-refractivity contribution is 6.39. The lowest BCUT2D eigenvalue weighted by molar-refractivity contribution is -0.136. The van der Waals surface area contributed by atoms with E-state index in [1.165, 1.54) is 20.3 Å². The zero-order chi connectivity index (χ0) is 22.1. The molecule has 0 saturated heterocycles. The SMILES string of the molecule is COc1ccc(OC)c(NC(=O)C(=O)N/N=C(\C)c2ccc(OCC(N)=O)cc2)c1. The van der Waals surface area contributed by atoms with Crippen LogP contribution in [0.25, 0.3) is 0 Å². The number of hydrazone groups is 1. The fourth-order valence-electron chi connectivity index (χ4n) is 2.29. The van der Waals surface area contributed by atoms with Crippen molar-refractivity contribution in [2.24, 2.45) is 10.8 Å². The minimum absolute atomic E-state index is 0.227. The van der Waals surface area contributed by atoms with E-state index in [9.17, 15) is 14.4 Å². The highest BCUT2D eigenvalue weighted by Crippen LogP contribution is 2.28. The number of nitrogens with two attached hydrogens (primary N) is 1. The molecule has 2 aromatic carbocycles. The van der Waals surface area contributed by atoms with Gasteiger partial charge in [0, 0.05) is 6.07 Å². The van der Waals surface area contributed by atoms with Gasteiger partial charge in [-0.3, -0.25) is 14.4 Å². The van der Waals surface area contributed by atoms with E-state index < -0.39 is 17.7 Å². The zero-order valence-corrected chi connectivity index (χ0v) is 16.7. The van der Waals surface area contributed by atoms with Gasteiger partial charge in [-0.2, -0.15) is 5.10 Å². The first-order valence-electron chi connectivity index (χ1n) is 8.73. The van der Waals surface area contributed by atoms with Crippen molar-refractivity contribution in [2.75, 3.05) is 26.1 Å². The minimum Gasteiger partial charge on any atom is -0.497 e. The van der Waals surface area contributed by atoms with Gasteiger partial charge in [0.1, 0.15) is 17.2 Å². The van der Waals surface area contributed by atoms with Gasteiger partial charge in [0.15, 0.2) is 6.61 Å². The van der Waals surface area contributed by atoms with Crippen molar-refractivity contribution in [1.82, 2.24) is 5.43 Å². The van der Waals surface area contributed by atoms with E-state index in [1.54, 1.807) is 43.3 Å². The Morgan fingerprint density at radius 2 is 1.63 bits per heavy atom. The average Bonchev–Trinajstić information content (AvgIpc) is 2.75. The maximum Gasteiger partial charge on any atom is 0.329 e. The van der Waals surface area contributed by atoms with Gasteiger partial charge in [0.05, 0.1) is 25.6 Å². The number of hydrogen-bond acceptors (Lipinski definition) is 7. The number of carbonyl (C=O) groups is 3. The van der Waals surface area contributed by atoms with Crippen LogP contribution in [0.4, 0.5) is 5.69 Å². The summed E-state index contributed by atoms with van der Waals surface area (Å²) in [5, 5.41) is 6.37. The molecule has 0 aliphatic heterocycles. The number of amides is 3. The van der Waals surface area contributed by atoms with Crippen LogP contribution in [-0.4, -0.2) is 44.3 Å². The lowest BCUT2D eigenvalue weighted by Crippen LogP contribution is -2.33. The molecule has 0 fully saturated rings. The Kier molecular flexibility index (Phi) is 7.74. The van der Waals surface area contributed by atoms with Crippen LogP contribution in [0.5, 0.6) is 17.2 Å². The maximum atomic E-state index is 12.2. The number of ether oxygens (including phenoxy) is 3. The van der Waals surface area contributed by atoms with E-state index >= 15 is 0 Å². The van der Waals surface area contributed by atoms with Gasteiger partial charge in [-0.25, -0.2) is 5.43 Å². The molecule has 2 rings (SSSR count). The van der Waals surface area contributed by atoms with E-state index in [0.717, 1.165) is 0 Å². The van der Waals surface area contributed by atoms with E-state index in [0.29, 0.717) is 28.5 Å². The topological polar surface area (TPSA) is 141 Å². The predicted octanol–water partition coefficient (Wildman–Crippen LogP) is 1.05. The maximum absolute atomic E-state index is 12.2. The van der Waals surface area contributed by atoms with Gasteiger partial charge in [0.25, 0.3) is 5.91 Å². The summed E-state index contributed by atoms with van der Waals surface area (Å²) in [6.07, 6.45) is 0. The van der Waals surface area contributed by atoms with E-state index in [2.05, 4.69) is 15.8 Å². The summed E-state index contributed by atoms with van der Waals surface area (Å²) in [6.45, 7) is 1.43. The molecule has 0 saturated carbocycles. The van der Waals surface area contributed by atoms with Gasteiger partial charge in [-0.1, -0.05) is 0 Å². The van der Waals surface area contributed by atoms with Crippen molar-refractivity contribution in [3.8, 4) is 17.2 Å². The number of methoxy groups -OCH3 is 2. The molecule has 0 heterocycles. The normalized spacial score (nSPS) is 10.7. The summed E-state index contributed by atoms with van der Waals surface area (Å²) in [5.41, 5.74) is 8.63. The molecule has 0 unspecified atom stereocenters. The minimum atomic E-state index is -0.958. The molecule has 4 N–H and O–H groups in total. The summed E-state index contributed by atoms with van der Waals surface area (Å²) in [6, 6.07) is 11.4. The van der Waals surface area contributed by atoms with E-state index in [1.807, 2.05) is 0 Å². The van der Waals surface area contributed by atoms with Crippen LogP contribution in [0.15, 0.2) is 47.6 Å². The summed E-state index contributed by atoms with van der Waals surface area (Å²) in [7, 11) is 2.92. The largest absolute Gasteiger partial charge is 0.497 e. The molecule has 10 heteroatoms. The Labute approximate surface area is 173 Å². The van der Waals surface area contributed by atoms with Gasteiger partial charge in [0.2, 0.25) is 0 Å². The first kappa shape index (κ1) is 22.2. The van der Waals surface area contributed by atoms with Crippen molar-refractivity contribution < 1.29 is 28.6 Å². The van der Waals surface area contributed by atoms with Crippen LogP contribution in [0.1, 0.15) is 12.5 Å². The van der Waals surface area contributed by atoms with Gasteiger partial charge < -0.3 is 25.3 Å². The molecule has 0 atom stereocenters. The number of nitrogens with zero attached hydrogens (tertiary/aromatic N) is 1. The molecule has 0 aliphatic rings. The number of carbonyl (C=O) groups excluding carboxylic acids is 3. The first-order valence-corrected chi connectivity index (χ1v) is 8.73. The van der Waals surface area contributed by atoms with Crippen molar-refractivity contribution in [3.63, 3.8) is 0 Å². The van der Waals surface area contributed by atoms with Gasteiger partial charge >= 0.3 is 11.8 Å². The number of anilines is 1. The Balaban J connectivity index is 1.99. The van der Waals surface area contributed by atoms with Crippen LogP contribution in [0, 0.1) is 0 Å². The smallest absolute Gasteiger partial charge is 0.329 e. The molecule has 2 aromatic rings. The van der Waals surface area contributed by atoms with Gasteiger partial charge in [-0.15, -0.1) is 0 Å². The molecule has 0 aliphatic carbocycles. The summed E-state index contributed by atoms with van der Waals surface area (Å²) in [4.78, 5) is 35.0. The number of nitrogens with one attached hydrogen (secondary N) is 2. The fraction of sp³-hybridized carbons (Fsp3) is 0.200. The second kappa shape index (κ2) is 10.5. The molecule has 30 heavy (non-hydrogen) atoms. The molecule has 0 spiro atoms. The number of benzene rings is 2. The summed E-state index contributed by atoms with van der Waals surface area (Å²) < 4.78 is 15.4. The molecular formula is C20H22N4O6. The standard InChI is InChI=1S/C20H22N4O6/c1-12(13-4-6-14(7-5-13)30-11-18(21)25)23-24-20(27)19(26)22-16-10-15(28-2)8-9-17(16)29-3/h4-10H,11H2,1-3H3,(H2,21,25)(H,22,26)(H,24,27)/b23-12+. The van der Waals surface area contributed by atoms with Crippen molar-refractivity contribution in [3.05, 3.63) is 48.0 Å². The first-order chi connectivity index (χ1) is 14.3. The molecular weight excluding hydrogens is 392 g/mol. The van der Waals surface area contributed by atoms with Crippen LogP contribution >= 0.6 is 0 Å². The Morgan fingerprint density at radius 3 is 2.23 bits per heavy atom. The van der Waals surface area contributed by atoms with E-state index in [4.69, 9.17) is 19.9 Å². The second-order valence-corrected chi connectivity index (χ2v) is 5.94. The van der Waals surface area contributed by atoms with Crippen LogP contribution in [0.2, 0.25) is 0 Å². The van der Waals surface area contributed by atoms with Crippen LogP contribution in [-0.2, 0) is 14.4 Å². The quantitative estimate of drug-likeness (QED) is 0.335. The third-order valence-electron chi connectivity index (χ3n) is 3.84. The molecule has 0 aromatic heterocycles. The van der Waals surface area contributed by atoms with Crippen LogP contribution < -0.4 is 30.7 Å². The van der Waals surface area contributed by atoms with Crippen molar-refractivity contribution in [1.29, 1.82) is 0 Å². The summed E-state index contributed by atoms with van der Waals surface area (Å²) >= 11 is 0. The number of primary amides is 1. The van der Waals surface area contributed by atoms with Crippen LogP contribution in [0.3, 0.4) is 0 Å². The third kappa shape index (κ3) is 6.23. The van der Waals surface area contributed by atoms with Crippen molar-refractivity contribution >= 4 is 29.1 Å². The lowest BCUT2D eigenvalue weighted by Gasteiger charge is -2.11. The Bertz CT molecular complexity index is 956.